The SMILES string of the molecule is CCC(CC)N(CCOC)c1nc(Cl)ncc1Br. The van der Waals surface area contributed by atoms with Crippen LogP contribution in [0, 0.1) is 0 Å². The minimum atomic E-state index is 0.265. The van der Waals surface area contributed by atoms with Crippen LogP contribution in [0.3, 0.4) is 0 Å². The number of methoxy groups -OCH3 is 1. The monoisotopic (exact) mass is 335 g/mol. The maximum absolute atomic E-state index is 5.89. The second kappa shape index (κ2) is 7.92. The lowest BCUT2D eigenvalue weighted by Gasteiger charge is -2.32. The summed E-state index contributed by atoms with van der Waals surface area (Å²) >= 11 is 9.37. The molecule has 1 heterocycles. The van der Waals surface area contributed by atoms with Crippen LogP contribution in [-0.2, 0) is 4.74 Å². The molecule has 1 aromatic heterocycles. The number of rotatable bonds is 7. The van der Waals surface area contributed by atoms with Crippen molar-refractivity contribution in [2.45, 2.75) is 32.7 Å². The molecule has 0 saturated carbocycles. The first-order chi connectivity index (χ1) is 8.63. The van der Waals surface area contributed by atoms with E-state index in [1.165, 1.54) is 0 Å². The van der Waals surface area contributed by atoms with E-state index in [1.54, 1.807) is 13.3 Å². The predicted octanol–water partition coefficient (Wildman–Crippen LogP) is 3.53. The van der Waals surface area contributed by atoms with E-state index in [1.807, 2.05) is 0 Å². The fourth-order valence-electron chi connectivity index (χ4n) is 1.92. The first-order valence-electron chi connectivity index (χ1n) is 6.07. The highest BCUT2D eigenvalue weighted by Gasteiger charge is 2.19. The molecule has 0 fully saturated rings. The smallest absolute Gasteiger partial charge is 0.224 e. The molecule has 102 valence electrons. The summed E-state index contributed by atoms with van der Waals surface area (Å²) in [5.74, 6) is 0.834. The zero-order chi connectivity index (χ0) is 13.5. The normalized spacial score (nSPS) is 11.0. The first-order valence-corrected chi connectivity index (χ1v) is 7.24. The fourth-order valence-corrected chi connectivity index (χ4v) is 2.47. The van der Waals surface area contributed by atoms with Crippen molar-refractivity contribution in [3.63, 3.8) is 0 Å². The maximum atomic E-state index is 5.89. The Bertz CT molecular complexity index is 374. The zero-order valence-electron chi connectivity index (χ0n) is 11.0. The fraction of sp³-hybridized carbons (Fsp3) is 0.667. The second-order valence-corrected chi connectivity index (χ2v) is 5.16. The van der Waals surface area contributed by atoms with Gasteiger partial charge in [-0.3, -0.25) is 0 Å². The van der Waals surface area contributed by atoms with Gasteiger partial charge < -0.3 is 9.64 Å². The third-order valence-electron chi connectivity index (χ3n) is 2.89. The van der Waals surface area contributed by atoms with Crippen LogP contribution in [0.15, 0.2) is 10.7 Å². The highest BCUT2D eigenvalue weighted by molar-refractivity contribution is 9.10. The van der Waals surface area contributed by atoms with Crippen molar-refractivity contribution in [1.82, 2.24) is 9.97 Å². The summed E-state index contributed by atoms with van der Waals surface area (Å²) in [6.07, 6.45) is 3.79. The van der Waals surface area contributed by atoms with Gasteiger partial charge in [-0.25, -0.2) is 4.98 Å². The lowest BCUT2D eigenvalue weighted by Crippen LogP contribution is -2.38. The van der Waals surface area contributed by atoms with E-state index >= 15 is 0 Å². The summed E-state index contributed by atoms with van der Waals surface area (Å²) in [5.41, 5.74) is 0. The Balaban J connectivity index is 3.03. The van der Waals surface area contributed by atoms with E-state index < -0.39 is 0 Å². The number of aromatic nitrogens is 2. The lowest BCUT2D eigenvalue weighted by molar-refractivity contribution is 0.202. The highest BCUT2D eigenvalue weighted by atomic mass is 79.9. The number of hydrogen-bond donors (Lipinski definition) is 0. The van der Waals surface area contributed by atoms with Gasteiger partial charge in [-0.05, 0) is 40.4 Å². The summed E-state index contributed by atoms with van der Waals surface area (Å²) < 4.78 is 6.03. The minimum Gasteiger partial charge on any atom is -0.383 e. The van der Waals surface area contributed by atoms with E-state index in [2.05, 4.69) is 44.6 Å². The standard InChI is InChI=1S/C12H19BrClN3O/c1-4-9(5-2)17(6-7-18-3)11-10(13)8-15-12(14)16-11/h8-9H,4-7H2,1-3H3. The van der Waals surface area contributed by atoms with Gasteiger partial charge in [0.15, 0.2) is 0 Å². The van der Waals surface area contributed by atoms with Crippen molar-refractivity contribution in [3.8, 4) is 0 Å². The van der Waals surface area contributed by atoms with Gasteiger partial charge >= 0.3 is 0 Å². The molecule has 0 amide bonds. The van der Waals surface area contributed by atoms with Gasteiger partial charge in [-0.15, -0.1) is 0 Å². The Morgan fingerprint density at radius 2 is 2.11 bits per heavy atom. The van der Waals surface area contributed by atoms with E-state index in [-0.39, 0.29) is 5.28 Å². The number of nitrogens with zero attached hydrogens (tertiary/aromatic N) is 3. The van der Waals surface area contributed by atoms with Gasteiger partial charge in [-0.1, -0.05) is 13.8 Å². The molecule has 0 spiro atoms. The largest absolute Gasteiger partial charge is 0.383 e. The number of halogens is 2. The minimum absolute atomic E-state index is 0.265. The zero-order valence-corrected chi connectivity index (χ0v) is 13.3. The summed E-state index contributed by atoms with van der Waals surface area (Å²) in [6, 6.07) is 0.419. The third-order valence-corrected chi connectivity index (χ3v) is 3.63. The van der Waals surface area contributed by atoms with Crippen LogP contribution in [0.2, 0.25) is 5.28 Å². The average Bonchev–Trinajstić information content (AvgIpc) is 2.38. The van der Waals surface area contributed by atoms with Crippen molar-refractivity contribution >= 4 is 33.3 Å². The van der Waals surface area contributed by atoms with Gasteiger partial charge in [-0.2, -0.15) is 4.98 Å². The molecule has 1 aromatic rings. The topological polar surface area (TPSA) is 38.2 Å². The van der Waals surface area contributed by atoms with Crippen molar-refractivity contribution < 1.29 is 4.74 Å². The molecular weight excluding hydrogens is 318 g/mol. The van der Waals surface area contributed by atoms with Gasteiger partial charge in [0, 0.05) is 25.9 Å². The average molecular weight is 337 g/mol. The molecule has 0 aliphatic carbocycles. The molecule has 1 rings (SSSR count). The maximum Gasteiger partial charge on any atom is 0.224 e. The molecule has 0 unspecified atom stereocenters. The number of hydrogen-bond acceptors (Lipinski definition) is 4. The Labute approximate surface area is 122 Å². The molecule has 0 aromatic carbocycles. The van der Waals surface area contributed by atoms with Crippen molar-refractivity contribution in [1.29, 1.82) is 0 Å². The van der Waals surface area contributed by atoms with E-state index in [4.69, 9.17) is 16.3 Å². The molecule has 0 aliphatic heterocycles. The van der Waals surface area contributed by atoms with E-state index in [9.17, 15) is 0 Å². The number of ether oxygens (including phenoxy) is 1. The Hall–Kier alpha value is -0.390. The van der Waals surface area contributed by atoms with Crippen molar-refractivity contribution in [3.05, 3.63) is 16.0 Å². The molecule has 0 N–H and O–H groups in total. The third kappa shape index (κ3) is 4.07. The van der Waals surface area contributed by atoms with Crippen molar-refractivity contribution in [2.75, 3.05) is 25.2 Å². The van der Waals surface area contributed by atoms with Crippen LogP contribution < -0.4 is 4.90 Å². The molecular formula is C12H19BrClN3O. The van der Waals surface area contributed by atoms with Gasteiger partial charge in [0.1, 0.15) is 5.82 Å². The molecule has 0 atom stereocenters. The summed E-state index contributed by atoms with van der Waals surface area (Å²) in [6.45, 7) is 5.79. The highest BCUT2D eigenvalue weighted by Crippen LogP contribution is 2.27. The van der Waals surface area contributed by atoms with Gasteiger partial charge in [0.05, 0.1) is 11.1 Å². The predicted molar refractivity (Wildman–Crippen MR) is 78.3 cm³/mol. The van der Waals surface area contributed by atoms with Crippen LogP contribution in [-0.4, -0.2) is 36.3 Å². The van der Waals surface area contributed by atoms with Crippen LogP contribution in [0.1, 0.15) is 26.7 Å². The van der Waals surface area contributed by atoms with Crippen LogP contribution >= 0.6 is 27.5 Å². The Morgan fingerprint density at radius 3 is 2.67 bits per heavy atom. The van der Waals surface area contributed by atoms with Gasteiger partial charge in [0.25, 0.3) is 0 Å². The molecule has 4 nitrogen and oxygen atoms in total. The summed E-state index contributed by atoms with van der Waals surface area (Å²) in [4.78, 5) is 10.5. The summed E-state index contributed by atoms with van der Waals surface area (Å²) in [5, 5.41) is 0.265. The Kier molecular flexibility index (Phi) is 6.89. The van der Waals surface area contributed by atoms with E-state index in [0.29, 0.717) is 12.6 Å². The molecule has 18 heavy (non-hydrogen) atoms. The molecule has 0 saturated heterocycles. The Morgan fingerprint density at radius 1 is 1.44 bits per heavy atom. The summed E-state index contributed by atoms with van der Waals surface area (Å²) in [7, 11) is 1.70. The van der Waals surface area contributed by atoms with E-state index in [0.717, 1.165) is 29.7 Å². The number of anilines is 1. The first kappa shape index (κ1) is 15.7. The quantitative estimate of drug-likeness (QED) is 0.714. The molecule has 0 radical (unpaired) electrons. The van der Waals surface area contributed by atoms with Gasteiger partial charge in [0.2, 0.25) is 5.28 Å². The second-order valence-electron chi connectivity index (χ2n) is 3.97. The van der Waals surface area contributed by atoms with Crippen LogP contribution in [0.25, 0.3) is 0 Å². The lowest BCUT2D eigenvalue weighted by atomic mass is 10.1. The molecule has 0 aliphatic rings. The van der Waals surface area contributed by atoms with Crippen molar-refractivity contribution in [2.24, 2.45) is 0 Å². The molecule has 6 heteroatoms. The van der Waals surface area contributed by atoms with Crippen LogP contribution in [0.4, 0.5) is 5.82 Å². The molecule has 0 bridgehead atoms. The van der Waals surface area contributed by atoms with Crippen LogP contribution in [0.5, 0.6) is 0 Å².